The fourth-order valence-electron chi connectivity index (χ4n) is 9.76. The molecule has 0 aliphatic heterocycles. The van der Waals surface area contributed by atoms with Crippen molar-refractivity contribution in [2.24, 2.45) is 0 Å². The van der Waals surface area contributed by atoms with Crippen molar-refractivity contribution >= 4 is 97.7 Å². The van der Waals surface area contributed by atoms with Crippen LogP contribution in [0.25, 0.3) is 131 Å². The highest BCUT2D eigenvalue weighted by atomic mass is 16.4. The minimum Gasteiger partial charge on any atom is -0.452 e. The van der Waals surface area contributed by atoms with Crippen molar-refractivity contribution in [1.82, 2.24) is 0 Å². The van der Waals surface area contributed by atoms with Gasteiger partial charge in [-0.05, 0) is 136 Å². The van der Waals surface area contributed by atoms with Gasteiger partial charge in [0.2, 0.25) is 0 Å². The van der Waals surface area contributed by atoms with Gasteiger partial charge in [-0.2, -0.15) is 0 Å². The fourth-order valence-corrected chi connectivity index (χ4v) is 9.76. The molecule has 0 fully saturated rings. The highest BCUT2D eigenvalue weighted by molar-refractivity contribution is 6.26. The molecule has 2 aromatic heterocycles. The first kappa shape index (κ1) is 31.5. The Morgan fingerprint density at radius 2 is 0.603 bits per heavy atom. The van der Waals surface area contributed by atoms with Crippen LogP contribution in [-0.4, -0.2) is 0 Å². The van der Waals surface area contributed by atoms with Gasteiger partial charge in [0, 0.05) is 21.5 Å². The molecule has 2 nitrogen and oxygen atoms in total. The van der Waals surface area contributed by atoms with Crippen molar-refractivity contribution in [3.63, 3.8) is 0 Å². The molecule has 11 aromatic carbocycles. The van der Waals surface area contributed by atoms with E-state index in [-0.39, 0.29) is 0 Å². The van der Waals surface area contributed by atoms with Crippen LogP contribution in [0.3, 0.4) is 0 Å². The van der Waals surface area contributed by atoms with Gasteiger partial charge in [0.1, 0.15) is 11.2 Å². The van der Waals surface area contributed by atoms with Crippen molar-refractivity contribution in [2.75, 3.05) is 0 Å². The molecule has 0 N–H and O–H groups in total. The third kappa shape index (κ3) is 4.48. The molecule has 0 aliphatic carbocycles. The van der Waals surface area contributed by atoms with Gasteiger partial charge < -0.3 is 8.83 Å². The minimum atomic E-state index is 0.778. The molecule has 0 spiro atoms. The van der Waals surface area contributed by atoms with Crippen molar-refractivity contribution in [1.29, 1.82) is 0 Å². The maximum absolute atomic E-state index is 6.65. The van der Waals surface area contributed by atoms with Crippen molar-refractivity contribution in [3.8, 4) is 33.4 Å². The number of fused-ring (bicyclic) bond motifs is 16. The van der Waals surface area contributed by atoms with Crippen LogP contribution in [0.15, 0.2) is 203 Å². The third-order valence-electron chi connectivity index (χ3n) is 12.4. The molecule has 0 amide bonds. The summed E-state index contributed by atoms with van der Waals surface area (Å²) < 4.78 is 13.3. The molecule has 13 rings (SSSR count). The van der Waals surface area contributed by atoms with Crippen LogP contribution >= 0.6 is 0 Å². The van der Waals surface area contributed by atoms with Crippen molar-refractivity contribution in [3.05, 3.63) is 194 Å². The van der Waals surface area contributed by atoms with E-state index in [0.29, 0.717) is 0 Å². The maximum Gasteiger partial charge on any atom is 0.178 e. The van der Waals surface area contributed by atoms with Crippen LogP contribution in [0.4, 0.5) is 0 Å². The highest BCUT2D eigenvalue weighted by Crippen LogP contribution is 2.44. The summed E-state index contributed by atoms with van der Waals surface area (Å²) in [7, 11) is 0. The summed E-state index contributed by atoms with van der Waals surface area (Å²) >= 11 is 0. The van der Waals surface area contributed by atoms with E-state index in [1.54, 1.807) is 0 Å². The monoisotopic (exact) mass is 736 g/mol. The Morgan fingerprint density at radius 3 is 1.17 bits per heavy atom. The lowest BCUT2D eigenvalue weighted by molar-refractivity contribution is 0.633. The van der Waals surface area contributed by atoms with Crippen molar-refractivity contribution < 1.29 is 8.83 Å². The topological polar surface area (TPSA) is 26.3 Å². The summed E-state index contributed by atoms with van der Waals surface area (Å²) in [4.78, 5) is 0. The number of hydrogen-bond acceptors (Lipinski definition) is 2. The van der Waals surface area contributed by atoms with E-state index in [4.69, 9.17) is 8.83 Å². The first-order valence-electron chi connectivity index (χ1n) is 19.9. The highest BCUT2D eigenvalue weighted by Gasteiger charge is 2.19. The first-order chi connectivity index (χ1) is 28.7. The van der Waals surface area contributed by atoms with E-state index in [0.717, 1.165) is 55.0 Å². The van der Waals surface area contributed by atoms with Gasteiger partial charge in [-0.15, -0.1) is 0 Å². The van der Waals surface area contributed by atoms with Gasteiger partial charge in [-0.3, -0.25) is 0 Å². The fraction of sp³-hybridized carbons (Fsp3) is 0. The molecular formula is C56H32O2. The molecule has 58 heavy (non-hydrogen) atoms. The van der Waals surface area contributed by atoms with Crippen LogP contribution in [0.2, 0.25) is 0 Å². The summed E-state index contributed by atoms with van der Waals surface area (Å²) in [5, 5.41) is 16.9. The molecule has 13 aromatic rings. The molecular weight excluding hydrogens is 705 g/mol. The van der Waals surface area contributed by atoms with E-state index in [9.17, 15) is 0 Å². The molecule has 2 heterocycles. The number of benzene rings is 11. The van der Waals surface area contributed by atoms with E-state index >= 15 is 0 Å². The van der Waals surface area contributed by atoms with E-state index in [1.807, 2.05) is 0 Å². The average Bonchev–Trinajstić information content (AvgIpc) is 3.87. The van der Waals surface area contributed by atoms with Crippen LogP contribution in [0.1, 0.15) is 0 Å². The largest absolute Gasteiger partial charge is 0.452 e. The summed E-state index contributed by atoms with van der Waals surface area (Å²) in [5.41, 5.74) is 10.4. The SMILES string of the molecule is c1ccc(-c2ccc3c4ccccc4c4ccccc4c3c2)c(-c2ccc3oc4c(ccc5c6cc(-c7cc8ccccc8c8ccccc78)ccc6oc54)c3c2)c1. The van der Waals surface area contributed by atoms with Crippen LogP contribution < -0.4 is 0 Å². The zero-order valence-electron chi connectivity index (χ0n) is 31.3. The lowest BCUT2D eigenvalue weighted by atomic mass is 9.89. The Morgan fingerprint density at radius 1 is 0.224 bits per heavy atom. The quantitative estimate of drug-likeness (QED) is 0.169. The van der Waals surface area contributed by atoms with Crippen LogP contribution in [0.5, 0.6) is 0 Å². The molecule has 0 aliphatic rings. The van der Waals surface area contributed by atoms with Gasteiger partial charge in [-0.1, -0.05) is 146 Å². The third-order valence-corrected chi connectivity index (χ3v) is 12.4. The normalized spacial score (nSPS) is 12.1. The van der Waals surface area contributed by atoms with Crippen molar-refractivity contribution in [2.45, 2.75) is 0 Å². The number of furan rings is 2. The zero-order valence-corrected chi connectivity index (χ0v) is 31.3. The first-order valence-corrected chi connectivity index (χ1v) is 19.9. The van der Waals surface area contributed by atoms with Gasteiger partial charge in [0.05, 0.1) is 0 Å². The number of hydrogen-bond donors (Lipinski definition) is 0. The smallest absolute Gasteiger partial charge is 0.178 e. The predicted octanol–water partition coefficient (Wildman–Crippen LogP) is 16.3. The Bertz CT molecular complexity index is 3820. The lowest BCUT2D eigenvalue weighted by Crippen LogP contribution is -1.87. The second-order valence-corrected chi connectivity index (χ2v) is 15.5. The second-order valence-electron chi connectivity index (χ2n) is 15.5. The summed E-state index contributed by atoms with van der Waals surface area (Å²) in [6.07, 6.45) is 0. The van der Waals surface area contributed by atoms with Gasteiger partial charge in [0.25, 0.3) is 0 Å². The summed E-state index contributed by atoms with van der Waals surface area (Å²) in [5.74, 6) is 0. The van der Waals surface area contributed by atoms with E-state index < -0.39 is 0 Å². The molecule has 0 unspecified atom stereocenters. The maximum atomic E-state index is 6.65. The lowest BCUT2D eigenvalue weighted by Gasteiger charge is -2.14. The summed E-state index contributed by atoms with van der Waals surface area (Å²) in [6, 6.07) is 70.4. The van der Waals surface area contributed by atoms with Gasteiger partial charge in [0.15, 0.2) is 11.2 Å². The average molecular weight is 737 g/mol. The Balaban J connectivity index is 0.949. The molecule has 0 bridgehead atoms. The standard InChI is InChI=1S/C56H32O2/c1-2-14-39-33(11-1)29-49(44-19-9-5-15-40(39)44)36-23-28-54-52(32-36)48-26-25-47-51-31-35(22-27-53(51)57-55(47)56(48)58-54)38-13-4-3-12-37(38)34-21-24-46-43-18-7-6-16-41(43)42-17-8-10-20-45(42)50(46)30-34/h1-32H. The molecule has 2 heteroatoms. The van der Waals surface area contributed by atoms with Crippen LogP contribution in [0, 0.1) is 0 Å². The Kier molecular flexibility index (Phi) is 6.47. The predicted molar refractivity (Wildman–Crippen MR) is 245 cm³/mol. The minimum absolute atomic E-state index is 0.778. The second kappa shape index (κ2) is 11.9. The molecule has 0 radical (unpaired) electrons. The van der Waals surface area contributed by atoms with Gasteiger partial charge in [-0.25, -0.2) is 0 Å². The summed E-state index contributed by atoms with van der Waals surface area (Å²) in [6.45, 7) is 0. The molecule has 0 atom stereocenters. The molecule has 0 saturated heterocycles. The Labute approximate surface area is 332 Å². The van der Waals surface area contributed by atoms with E-state index in [2.05, 4.69) is 194 Å². The molecule has 0 saturated carbocycles. The zero-order chi connectivity index (χ0) is 37.9. The Hall–Kier alpha value is -7.68. The molecule has 268 valence electrons. The van der Waals surface area contributed by atoms with Gasteiger partial charge >= 0.3 is 0 Å². The van der Waals surface area contributed by atoms with E-state index in [1.165, 1.54) is 76.1 Å². The number of rotatable bonds is 3. The van der Waals surface area contributed by atoms with Crippen LogP contribution in [-0.2, 0) is 0 Å².